The van der Waals surface area contributed by atoms with E-state index in [0.717, 1.165) is 24.8 Å². The van der Waals surface area contributed by atoms with Crippen molar-refractivity contribution in [3.8, 4) is 0 Å². The summed E-state index contributed by atoms with van der Waals surface area (Å²) in [5, 5.41) is 0.711. The number of fused-ring (bicyclic) bond motifs is 1. The average molecular weight is 313 g/mol. The second-order valence-corrected chi connectivity index (χ2v) is 5.83. The van der Waals surface area contributed by atoms with E-state index in [2.05, 4.69) is 0 Å². The molecule has 1 atom stereocenters. The van der Waals surface area contributed by atoms with Gasteiger partial charge in [-0.15, -0.1) is 0 Å². The Morgan fingerprint density at radius 2 is 2.10 bits per heavy atom. The van der Waals surface area contributed by atoms with E-state index in [1.807, 2.05) is 18.2 Å². The average Bonchev–Trinajstić information content (AvgIpc) is 2.46. The molecule has 0 bridgehead atoms. The van der Waals surface area contributed by atoms with Crippen molar-refractivity contribution in [2.24, 2.45) is 0 Å². The predicted molar refractivity (Wildman–Crippen MR) is 80.5 cm³/mol. The van der Waals surface area contributed by atoms with Crippen LogP contribution in [0.25, 0.3) is 0 Å². The van der Waals surface area contributed by atoms with Crippen molar-refractivity contribution in [1.29, 1.82) is 0 Å². The largest absolute Gasteiger partial charge is 0.465 e. The molecule has 21 heavy (non-hydrogen) atoms. The quantitative estimate of drug-likeness (QED) is 0.619. The molecule has 0 unspecified atom stereocenters. The first-order valence-electron chi connectivity index (χ1n) is 7.01. The zero-order chi connectivity index (χ0) is 15.5. The highest BCUT2D eigenvalue weighted by molar-refractivity contribution is 6.30. The first-order valence-corrected chi connectivity index (χ1v) is 7.39. The molecule has 0 radical (unpaired) electrons. The van der Waals surface area contributed by atoms with E-state index in [9.17, 15) is 4.79 Å². The topological polar surface area (TPSA) is 44.8 Å². The van der Waals surface area contributed by atoms with Crippen LogP contribution in [-0.2, 0) is 30.8 Å². The number of methoxy groups -OCH3 is 2. The molecule has 0 aliphatic heterocycles. The molecule has 1 aliphatic carbocycles. The Hall–Kier alpha value is -1.10. The maximum absolute atomic E-state index is 11.3. The highest BCUT2D eigenvalue weighted by Gasteiger charge is 2.45. The molecule has 0 N–H and O–H groups in total. The molecule has 0 heterocycles. The van der Waals surface area contributed by atoms with Gasteiger partial charge in [-0.05, 0) is 42.5 Å². The summed E-state index contributed by atoms with van der Waals surface area (Å²) in [7, 11) is 3.21. The van der Waals surface area contributed by atoms with E-state index in [4.69, 9.17) is 25.8 Å². The zero-order valence-electron chi connectivity index (χ0n) is 12.6. The second kappa shape index (κ2) is 6.77. The molecule has 1 aromatic carbocycles. The molecule has 1 aliphatic rings. The fraction of sp³-hybridized carbons (Fsp3) is 0.562. The van der Waals surface area contributed by atoms with Crippen LogP contribution in [0.3, 0.4) is 0 Å². The minimum Gasteiger partial charge on any atom is -0.465 e. The van der Waals surface area contributed by atoms with Crippen LogP contribution < -0.4 is 0 Å². The standard InChI is InChI=1S/C16H21ClO4/c1-11(18)21-10-16(15(19-2)20-3)8-4-5-12-9-13(17)6-7-14(12)16/h6-7,9,15H,4-5,8,10H2,1-3H3/t16-/m0/s1. The minimum absolute atomic E-state index is 0.239. The predicted octanol–water partition coefficient (Wildman–Crippen LogP) is 3.10. The van der Waals surface area contributed by atoms with Gasteiger partial charge in [0.05, 0.1) is 5.41 Å². The summed E-state index contributed by atoms with van der Waals surface area (Å²) in [4.78, 5) is 11.3. The van der Waals surface area contributed by atoms with Gasteiger partial charge in [-0.3, -0.25) is 4.79 Å². The molecule has 116 valence electrons. The van der Waals surface area contributed by atoms with Crippen molar-refractivity contribution in [3.63, 3.8) is 0 Å². The third-order valence-electron chi connectivity index (χ3n) is 4.09. The van der Waals surface area contributed by atoms with Crippen molar-refractivity contribution >= 4 is 17.6 Å². The van der Waals surface area contributed by atoms with Crippen LogP contribution in [0.1, 0.15) is 30.9 Å². The van der Waals surface area contributed by atoms with Crippen LogP contribution in [0.5, 0.6) is 0 Å². The molecule has 2 rings (SSSR count). The lowest BCUT2D eigenvalue weighted by Crippen LogP contribution is -2.48. The Balaban J connectivity index is 2.48. The number of esters is 1. The number of benzene rings is 1. The van der Waals surface area contributed by atoms with Gasteiger partial charge in [0, 0.05) is 26.2 Å². The van der Waals surface area contributed by atoms with Crippen LogP contribution in [0.4, 0.5) is 0 Å². The van der Waals surface area contributed by atoms with E-state index in [1.165, 1.54) is 12.5 Å². The van der Waals surface area contributed by atoms with Crippen molar-refractivity contribution in [2.45, 2.75) is 37.9 Å². The Labute approximate surface area is 130 Å². The van der Waals surface area contributed by atoms with Gasteiger partial charge in [0.2, 0.25) is 0 Å². The molecule has 0 spiro atoms. The maximum Gasteiger partial charge on any atom is 0.302 e. The molecule has 4 nitrogen and oxygen atoms in total. The van der Waals surface area contributed by atoms with Gasteiger partial charge in [-0.2, -0.15) is 0 Å². The number of carbonyl (C=O) groups excluding carboxylic acids is 1. The smallest absolute Gasteiger partial charge is 0.302 e. The van der Waals surface area contributed by atoms with Gasteiger partial charge < -0.3 is 14.2 Å². The minimum atomic E-state index is -0.493. The monoisotopic (exact) mass is 312 g/mol. The summed E-state index contributed by atoms with van der Waals surface area (Å²) >= 11 is 6.10. The van der Waals surface area contributed by atoms with Crippen LogP contribution >= 0.6 is 11.6 Å². The highest BCUT2D eigenvalue weighted by Crippen LogP contribution is 2.42. The number of halogens is 1. The number of ether oxygens (including phenoxy) is 3. The Kier molecular flexibility index (Phi) is 5.25. The van der Waals surface area contributed by atoms with E-state index >= 15 is 0 Å². The summed E-state index contributed by atoms with van der Waals surface area (Å²) < 4.78 is 16.4. The summed E-state index contributed by atoms with van der Waals surface area (Å²) in [6, 6.07) is 5.82. The summed E-state index contributed by atoms with van der Waals surface area (Å²) in [5.41, 5.74) is 1.76. The molecule has 0 saturated heterocycles. The fourth-order valence-corrected chi connectivity index (χ4v) is 3.42. The third kappa shape index (κ3) is 3.23. The highest BCUT2D eigenvalue weighted by atomic mass is 35.5. The van der Waals surface area contributed by atoms with Crippen LogP contribution in [0.15, 0.2) is 18.2 Å². The van der Waals surface area contributed by atoms with E-state index < -0.39 is 11.7 Å². The lowest BCUT2D eigenvalue weighted by Gasteiger charge is -2.42. The van der Waals surface area contributed by atoms with E-state index in [0.29, 0.717) is 5.02 Å². The molecule has 0 aromatic heterocycles. The van der Waals surface area contributed by atoms with Gasteiger partial charge in [0.15, 0.2) is 6.29 Å². The lowest BCUT2D eigenvalue weighted by molar-refractivity contribution is -0.175. The molecule has 0 saturated carbocycles. The molecule has 0 amide bonds. The molecule has 0 fully saturated rings. The number of hydrogen-bond acceptors (Lipinski definition) is 4. The van der Waals surface area contributed by atoms with Crippen molar-refractivity contribution in [1.82, 2.24) is 0 Å². The Bertz CT molecular complexity index is 513. The number of hydrogen-bond donors (Lipinski definition) is 0. The molecule has 5 heteroatoms. The summed E-state index contributed by atoms with van der Waals surface area (Å²) in [6.45, 7) is 1.65. The Morgan fingerprint density at radius 3 is 2.71 bits per heavy atom. The fourth-order valence-electron chi connectivity index (χ4n) is 3.22. The Morgan fingerprint density at radius 1 is 1.38 bits per heavy atom. The van der Waals surface area contributed by atoms with Crippen molar-refractivity contribution in [2.75, 3.05) is 20.8 Å². The molecular formula is C16H21ClO4. The molecular weight excluding hydrogens is 292 g/mol. The van der Waals surface area contributed by atoms with Gasteiger partial charge >= 0.3 is 5.97 Å². The maximum atomic E-state index is 11.3. The second-order valence-electron chi connectivity index (χ2n) is 5.39. The molecule has 1 aromatic rings. The zero-order valence-corrected chi connectivity index (χ0v) is 13.4. The van der Waals surface area contributed by atoms with E-state index in [-0.39, 0.29) is 12.6 Å². The first kappa shape index (κ1) is 16.3. The number of aryl methyl sites for hydroxylation is 1. The van der Waals surface area contributed by atoms with Crippen molar-refractivity contribution < 1.29 is 19.0 Å². The van der Waals surface area contributed by atoms with Crippen LogP contribution in [-0.4, -0.2) is 33.1 Å². The van der Waals surface area contributed by atoms with Crippen molar-refractivity contribution in [3.05, 3.63) is 34.3 Å². The van der Waals surface area contributed by atoms with E-state index in [1.54, 1.807) is 14.2 Å². The number of rotatable bonds is 5. The number of carbonyl (C=O) groups is 1. The lowest BCUT2D eigenvalue weighted by atomic mass is 9.69. The van der Waals surface area contributed by atoms with Crippen LogP contribution in [0.2, 0.25) is 5.02 Å². The summed E-state index contributed by atoms with van der Waals surface area (Å²) in [6.07, 6.45) is 2.29. The first-order chi connectivity index (χ1) is 10.0. The van der Waals surface area contributed by atoms with Gasteiger partial charge in [0.25, 0.3) is 0 Å². The summed E-state index contributed by atoms with van der Waals surface area (Å²) in [5.74, 6) is -0.304. The SMILES string of the molecule is COC(OC)[C@]1(COC(C)=O)CCCc2cc(Cl)ccc21. The third-order valence-corrected chi connectivity index (χ3v) is 4.32. The van der Waals surface area contributed by atoms with Gasteiger partial charge in [-0.1, -0.05) is 17.7 Å². The van der Waals surface area contributed by atoms with Gasteiger partial charge in [0.1, 0.15) is 6.61 Å². The normalized spacial score (nSPS) is 21.2. The van der Waals surface area contributed by atoms with Gasteiger partial charge in [-0.25, -0.2) is 0 Å². The van der Waals surface area contributed by atoms with Crippen LogP contribution in [0, 0.1) is 0 Å².